The van der Waals surface area contributed by atoms with Gasteiger partial charge in [0.05, 0.1) is 6.54 Å². The fourth-order valence-corrected chi connectivity index (χ4v) is 2.74. The highest BCUT2D eigenvalue weighted by atomic mass is 16.3. The van der Waals surface area contributed by atoms with Crippen LogP contribution in [0.1, 0.15) is 46.1 Å². The topological polar surface area (TPSA) is 35.1 Å². The lowest BCUT2D eigenvalue weighted by Crippen LogP contribution is -2.14. The first kappa shape index (κ1) is 11.3. The van der Waals surface area contributed by atoms with Gasteiger partial charge in [-0.3, -0.25) is 4.79 Å². The molecule has 3 rings (SSSR count). The quantitative estimate of drug-likeness (QED) is 0.811. The molecule has 0 unspecified atom stereocenters. The molecule has 0 bridgehead atoms. The maximum atomic E-state index is 11.9. The van der Waals surface area contributed by atoms with Gasteiger partial charge in [-0.1, -0.05) is 0 Å². The number of rotatable bonds is 2. The van der Waals surface area contributed by atoms with E-state index in [2.05, 4.69) is 11.5 Å². The number of hydrogen-bond donors (Lipinski definition) is 0. The molecule has 3 heteroatoms. The van der Waals surface area contributed by atoms with Crippen molar-refractivity contribution in [1.29, 1.82) is 0 Å². The second-order valence-electron chi connectivity index (χ2n) is 5.02. The molecule has 0 N–H and O–H groups in total. The molecule has 0 radical (unpaired) electrons. The summed E-state index contributed by atoms with van der Waals surface area (Å²) in [6.45, 7) is 4.73. The van der Waals surface area contributed by atoms with E-state index < -0.39 is 0 Å². The lowest BCUT2D eigenvalue weighted by Gasteiger charge is -2.15. The minimum atomic E-state index is 0.286. The van der Waals surface area contributed by atoms with Gasteiger partial charge < -0.3 is 8.98 Å². The van der Waals surface area contributed by atoms with Crippen LogP contribution < -0.4 is 0 Å². The van der Waals surface area contributed by atoms with Crippen molar-refractivity contribution in [2.45, 2.75) is 39.7 Å². The number of nitrogens with zero attached hydrogens (tertiary/aromatic N) is 1. The largest absolute Gasteiger partial charge is 0.464 e. The Morgan fingerprint density at radius 1 is 1.28 bits per heavy atom. The SMILES string of the molecule is Cc1ccc(Cn2c(C)cc3c2CCCC3=O)o1. The number of ketones is 1. The first-order valence-corrected chi connectivity index (χ1v) is 6.42. The minimum absolute atomic E-state index is 0.286. The Bertz CT molecular complexity index is 604. The number of aryl methyl sites for hydroxylation is 2. The molecule has 3 nitrogen and oxygen atoms in total. The summed E-state index contributed by atoms with van der Waals surface area (Å²) in [5, 5.41) is 0. The Balaban J connectivity index is 1.99. The molecule has 0 aliphatic heterocycles. The van der Waals surface area contributed by atoms with E-state index in [9.17, 15) is 4.79 Å². The average Bonchev–Trinajstić information content (AvgIpc) is 2.87. The predicted molar refractivity (Wildman–Crippen MR) is 69.0 cm³/mol. The van der Waals surface area contributed by atoms with Gasteiger partial charge in [-0.2, -0.15) is 0 Å². The molecule has 1 aliphatic rings. The van der Waals surface area contributed by atoms with E-state index in [4.69, 9.17) is 4.42 Å². The Kier molecular flexibility index (Phi) is 2.62. The molecule has 0 saturated heterocycles. The van der Waals surface area contributed by atoms with Gasteiger partial charge in [-0.05, 0) is 44.9 Å². The van der Waals surface area contributed by atoms with E-state index in [0.29, 0.717) is 6.42 Å². The van der Waals surface area contributed by atoms with Crippen molar-refractivity contribution in [3.05, 3.63) is 46.7 Å². The molecule has 2 aromatic heterocycles. The smallest absolute Gasteiger partial charge is 0.164 e. The number of fused-ring (bicyclic) bond motifs is 1. The van der Waals surface area contributed by atoms with Crippen LogP contribution in [0.4, 0.5) is 0 Å². The zero-order valence-corrected chi connectivity index (χ0v) is 10.8. The van der Waals surface area contributed by atoms with Gasteiger partial charge in [0.15, 0.2) is 5.78 Å². The first-order valence-electron chi connectivity index (χ1n) is 6.42. The minimum Gasteiger partial charge on any atom is -0.464 e. The summed E-state index contributed by atoms with van der Waals surface area (Å²) >= 11 is 0. The van der Waals surface area contributed by atoms with Crippen molar-refractivity contribution in [3.8, 4) is 0 Å². The lowest BCUT2D eigenvalue weighted by atomic mass is 9.97. The van der Waals surface area contributed by atoms with Crippen LogP contribution in [0, 0.1) is 13.8 Å². The van der Waals surface area contributed by atoms with E-state index >= 15 is 0 Å². The average molecular weight is 243 g/mol. The number of hydrogen-bond acceptors (Lipinski definition) is 2. The van der Waals surface area contributed by atoms with Gasteiger partial charge >= 0.3 is 0 Å². The van der Waals surface area contributed by atoms with Crippen molar-refractivity contribution in [2.75, 3.05) is 0 Å². The third-order valence-electron chi connectivity index (χ3n) is 3.64. The molecule has 0 saturated carbocycles. The van der Waals surface area contributed by atoms with Gasteiger partial charge in [-0.25, -0.2) is 0 Å². The van der Waals surface area contributed by atoms with Gasteiger partial charge in [0, 0.05) is 23.4 Å². The highest BCUT2D eigenvalue weighted by Crippen LogP contribution is 2.26. The summed E-state index contributed by atoms with van der Waals surface area (Å²) in [7, 11) is 0. The van der Waals surface area contributed by atoms with Crippen LogP contribution >= 0.6 is 0 Å². The van der Waals surface area contributed by atoms with Crippen LogP contribution in [0.3, 0.4) is 0 Å². The molecular formula is C15H17NO2. The van der Waals surface area contributed by atoms with E-state index in [1.54, 1.807) is 0 Å². The molecule has 2 aromatic rings. The molecule has 0 aromatic carbocycles. The summed E-state index contributed by atoms with van der Waals surface area (Å²) in [5.41, 5.74) is 3.24. The van der Waals surface area contributed by atoms with Crippen LogP contribution in [0.15, 0.2) is 22.6 Å². The molecule has 0 fully saturated rings. The Morgan fingerprint density at radius 2 is 2.11 bits per heavy atom. The third-order valence-corrected chi connectivity index (χ3v) is 3.64. The predicted octanol–water partition coefficient (Wildman–Crippen LogP) is 3.27. The lowest BCUT2D eigenvalue weighted by molar-refractivity contribution is 0.0971. The summed E-state index contributed by atoms with van der Waals surface area (Å²) in [6, 6.07) is 6.00. The van der Waals surface area contributed by atoms with Crippen LogP contribution in [-0.2, 0) is 13.0 Å². The molecule has 0 amide bonds. The molecule has 0 atom stereocenters. The van der Waals surface area contributed by atoms with Crippen molar-refractivity contribution in [3.63, 3.8) is 0 Å². The summed E-state index contributed by atoms with van der Waals surface area (Å²) in [6.07, 6.45) is 2.65. The van der Waals surface area contributed by atoms with Crippen molar-refractivity contribution < 1.29 is 9.21 Å². The van der Waals surface area contributed by atoms with Gasteiger partial charge in [0.25, 0.3) is 0 Å². The Hall–Kier alpha value is -1.77. The van der Waals surface area contributed by atoms with Crippen molar-refractivity contribution in [2.24, 2.45) is 0 Å². The third kappa shape index (κ3) is 1.80. The number of aromatic nitrogens is 1. The summed E-state index contributed by atoms with van der Waals surface area (Å²) < 4.78 is 7.84. The maximum absolute atomic E-state index is 11.9. The van der Waals surface area contributed by atoms with E-state index in [-0.39, 0.29) is 5.78 Å². The summed E-state index contributed by atoms with van der Waals surface area (Å²) in [5.74, 6) is 2.17. The van der Waals surface area contributed by atoms with E-state index in [1.807, 2.05) is 25.1 Å². The zero-order valence-electron chi connectivity index (χ0n) is 10.8. The fourth-order valence-electron chi connectivity index (χ4n) is 2.74. The van der Waals surface area contributed by atoms with Crippen molar-refractivity contribution in [1.82, 2.24) is 4.57 Å². The number of carbonyl (C=O) groups is 1. The molecule has 1 aliphatic carbocycles. The highest BCUT2D eigenvalue weighted by molar-refractivity contribution is 5.98. The fraction of sp³-hybridized carbons (Fsp3) is 0.400. The second kappa shape index (κ2) is 4.16. The molecule has 0 spiro atoms. The van der Waals surface area contributed by atoms with Gasteiger partial charge in [0.1, 0.15) is 11.5 Å². The standard InChI is InChI=1S/C15H17NO2/c1-10-8-13-14(4-3-5-15(13)17)16(10)9-12-7-6-11(2)18-12/h6-8H,3-5,9H2,1-2H3. The van der Waals surface area contributed by atoms with Crippen LogP contribution in [-0.4, -0.2) is 10.4 Å². The van der Waals surface area contributed by atoms with Crippen LogP contribution in [0.5, 0.6) is 0 Å². The second-order valence-corrected chi connectivity index (χ2v) is 5.02. The highest BCUT2D eigenvalue weighted by Gasteiger charge is 2.22. The molecule has 2 heterocycles. The van der Waals surface area contributed by atoms with Gasteiger partial charge in [0.2, 0.25) is 0 Å². The molecule has 94 valence electrons. The number of furan rings is 1. The Morgan fingerprint density at radius 3 is 2.83 bits per heavy atom. The number of carbonyl (C=O) groups excluding carboxylic acids is 1. The Labute approximate surface area is 106 Å². The number of Topliss-reactive ketones (excluding diaryl/α,β-unsaturated/α-hetero) is 1. The monoisotopic (exact) mass is 243 g/mol. The summed E-state index contributed by atoms with van der Waals surface area (Å²) in [4.78, 5) is 11.9. The van der Waals surface area contributed by atoms with E-state index in [1.165, 1.54) is 5.69 Å². The normalized spacial score (nSPS) is 14.9. The van der Waals surface area contributed by atoms with Crippen LogP contribution in [0.25, 0.3) is 0 Å². The zero-order chi connectivity index (χ0) is 12.7. The van der Waals surface area contributed by atoms with Gasteiger partial charge in [-0.15, -0.1) is 0 Å². The molecular weight excluding hydrogens is 226 g/mol. The van der Waals surface area contributed by atoms with Crippen LogP contribution in [0.2, 0.25) is 0 Å². The first-order chi connectivity index (χ1) is 8.65. The maximum Gasteiger partial charge on any atom is 0.164 e. The molecule has 18 heavy (non-hydrogen) atoms. The van der Waals surface area contributed by atoms with E-state index in [0.717, 1.165) is 42.2 Å². The van der Waals surface area contributed by atoms with Crippen molar-refractivity contribution >= 4 is 5.78 Å².